The zero-order valence-electron chi connectivity index (χ0n) is 10.3. The summed E-state index contributed by atoms with van der Waals surface area (Å²) in [4.78, 5) is 35.5. The van der Waals surface area contributed by atoms with Crippen molar-refractivity contribution in [1.82, 2.24) is 15.5 Å². The molecule has 0 aromatic heterocycles. The molecule has 17 heavy (non-hydrogen) atoms. The van der Waals surface area contributed by atoms with Crippen LogP contribution in [0.4, 0.5) is 0 Å². The molecule has 0 aliphatic carbocycles. The number of nitrogens with one attached hydrogen (secondary N) is 2. The number of hydrogen-bond acceptors (Lipinski definition) is 4. The molecule has 1 unspecified atom stereocenters. The zero-order valence-corrected chi connectivity index (χ0v) is 10.3. The van der Waals surface area contributed by atoms with Gasteiger partial charge in [-0.15, -0.1) is 0 Å². The molecule has 0 aromatic rings. The summed E-state index contributed by atoms with van der Waals surface area (Å²) in [5, 5.41) is 5.13. The topological polar surface area (TPSA) is 78.5 Å². The third-order valence-corrected chi connectivity index (χ3v) is 2.81. The van der Waals surface area contributed by atoms with Gasteiger partial charge in [-0.05, 0) is 13.8 Å². The molecular weight excluding hydrogens is 222 g/mol. The van der Waals surface area contributed by atoms with Gasteiger partial charge in [-0.3, -0.25) is 19.7 Å². The lowest BCUT2D eigenvalue weighted by Gasteiger charge is -2.19. The van der Waals surface area contributed by atoms with Crippen LogP contribution < -0.4 is 10.6 Å². The van der Waals surface area contributed by atoms with Gasteiger partial charge in [-0.1, -0.05) is 0 Å². The molecule has 1 atom stereocenters. The SMILES string of the molecule is CCN(CC)C(=O)CCNC1CC(=O)NC1=O. The van der Waals surface area contributed by atoms with Gasteiger partial charge in [0, 0.05) is 26.1 Å². The Balaban J connectivity index is 2.26. The molecule has 6 heteroatoms. The number of carbonyl (C=O) groups is 3. The Morgan fingerprint density at radius 1 is 1.41 bits per heavy atom. The lowest BCUT2D eigenvalue weighted by atomic mass is 10.2. The summed E-state index contributed by atoms with van der Waals surface area (Å²) in [5.41, 5.74) is 0. The highest BCUT2D eigenvalue weighted by Crippen LogP contribution is 2.01. The molecule has 3 amide bonds. The fourth-order valence-corrected chi connectivity index (χ4v) is 1.81. The van der Waals surface area contributed by atoms with Crippen LogP contribution in [0.25, 0.3) is 0 Å². The van der Waals surface area contributed by atoms with E-state index in [0.29, 0.717) is 26.1 Å². The molecule has 2 N–H and O–H groups in total. The summed E-state index contributed by atoms with van der Waals surface area (Å²) in [6.45, 7) is 5.66. The van der Waals surface area contributed by atoms with Crippen LogP contribution in [0, 0.1) is 0 Å². The van der Waals surface area contributed by atoms with Gasteiger partial charge >= 0.3 is 0 Å². The Labute approximate surface area is 101 Å². The molecule has 1 fully saturated rings. The summed E-state index contributed by atoms with van der Waals surface area (Å²) >= 11 is 0. The molecule has 1 aliphatic rings. The quantitative estimate of drug-likeness (QED) is 0.600. The van der Waals surface area contributed by atoms with E-state index < -0.39 is 6.04 Å². The van der Waals surface area contributed by atoms with Crippen molar-refractivity contribution >= 4 is 17.7 Å². The summed E-state index contributed by atoms with van der Waals surface area (Å²) in [6.07, 6.45) is 0.512. The summed E-state index contributed by atoms with van der Waals surface area (Å²) in [5.74, 6) is -0.500. The molecule has 0 bridgehead atoms. The number of carbonyl (C=O) groups excluding carboxylic acids is 3. The molecule has 0 aromatic carbocycles. The molecule has 1 heterocycles. The standard InChI is InChI=1S/C11H19N3O3/c1-3-14(4-2)10(16)5-6-12-8-7-9(15)13-11(8)17/h8,12H,3-7H2,1-2H3,(H,13,15,17). The Bertz CT molecular complexity index is 313. The Hall–Kier alpha value is -1.43. The lowest BCUT2D eigenvalue weighted by Crippen LogP contribution is -2.39. The predicted octanol–water partition coefficient (Wildman–Crippen LogP) is -0.750. The predicted molar refractivity (Wildman–Crippen MR) is 62.1 cm³/mol. The molecule has 1 aliphatic heterocycles. The van der Waals surface area contributed by atoms with Gasteiger partial charge in [-0.25, -0.2) is 0 Å². The smallest absolute Gasteiger partial charge is 0.244 e. The maximum absolute atomic E-state index is 11.6. The molecule has 96 valence electrons. The second kappa shape index (κ2) is 6.34. The number of imide groups is 1. The first-order valence-electron chi connectivity index (χ1n) is 5.93. The van der Waals surface area contributed by atoms with Crippen LogP contribution in [0.2, 0.25) is 0 Å². The Morgan fingerprint density at radius 3 is 2.53 bits per heavy atom. The van der Waals surface area contributed by atoms with E-state index in [-0.39, 0.29) is 24.1 Å². The van der Waals surface area contributed by atoms with Crippen LogP contribution in [0.15, 0.2) is 0 Å². The molecule has 6 nitrogen and oxygen atoms in total. The number of rotatable bonds is 6. The van der Waals surface area contributed by atoms with E-state index in [1.54, 1.807) is 4.90 Å². The molecular formula is C11H19N3O3. The van der Waals surface area contributed by atoms with E-state index >= 15 is 0 Å². The van der Waals surface area contributed by atoms with Crippen LogP contribution in [0.3, 0.4) is 0 Å². The first-order chi connectivity index (χ1) is 8.08. The van der Waals surface area contributed by atoms with E-state index in [1.165, 1.54) is 0 Å². The largest absolute Gasteiger partial charge is 0.343 e. The van der Waals surface area contributed by atoms with Crippen molar-refractivity contribution in [3.05, 3.63) is 0 Å². The first kappa shape index (κ1) is 13.6. The highest BCUT2D eigenvalue weighted by Gasteiger charge is 2.29. The van der Waals surface area contributed by atoms with Crippen LogP contribution in [0.5, 0.6) is 0 Å². The van der Waals surface area contributed by atoms with Crippen molar-refractivity contribution in [2.75, 3.05) is 19.6 Å². The third kappa shape index (κ3) is 3.81. The van der Waals surface area contributed by atoms with Crippen molar-refractivity contribution in [2.45, 2.75) is 32.7 Å². The fourth-order valence-electron chi connectivity index (χ4n) is 1.81. The van der Waals surface area contributed by atoms with Crippen molar-refractivity contribution < 1.29 is 14.4 Å². The van der Waals surface area contributed by atoms with Gasteiger partial charge in [0.05, 0.1) is 12.5 Å². The molecule has 0 saturated carbocycles. The van der Waals surface area contributed by atoms with Crippen molar-refractivity contribution in [3.8, 4) is 0 Å². The third-order valence-electron chi connectivity index (χ3n) is 2.81. The van der Waals surface area contributed by atoms with E-state index in [0.717, 1.165) is 0 Å². The minimum Gasteiger partial charge on any atom is -0.343 e. The second-order valence-electron chi connectivity index (χ2n) is 3.94. The van der Waals surface area contributed by atoms with Gasteiger partial charge in [0.1, 0.15) is 0 Å². The van der Waals surface area contributed by atoms with Crippen LogP contribution in [-0.4, -0.2) is 48.3 Å². The Kier molecular flexibility index (Phi) is 5.09. The minimum atomic E-state index is -0.480. The van der Waals surface area contributed by atoms with Crippen molar-refractivity contribution in [3.63, 3.8) is 0 Å². The first-order valence-corrected chi connectivity index (χ1v) is 5.93. The summed E-state index contributed by atoms with van der Waals surface area (Å²) < 4.78 is 0. The molecule has 0 radical (unpaired) electrons. The Morgan fingerprint density at radius 2 is 2.06 bits per heavy atom. The van der Waals surface area contributed by atoms with Gasteiger partial charge in [0.25, 0.3) is 0 Å². The van der Waals surface area contributed by atoms with E-state index in [9.17, 15) is 14.4 Å². The zero-order chi connectivity index (χ0) is 12.8. The maximum Gasteiger partial charge on any atom is 0.244 e. The highest BCUT2D eigenvalue weighted by atomic mass is 16.2. The van der Waals surface area contributed by atoms with Crippen LogP contribution in [0.1, 0.15) is 26.7 Å². The molecule has 1 rings (SSSR count). The molecule has 0 spiro atoms. The van der Waals surface area contributed by atoms with Crippen LogP contribution >= 0.6 is 0 Å². The summed E-state index contributed by atoms with van der Waals surface area (Å²) in [7, 11) is 0. The van der Waals surface area contributed by atoms with Gasteiger partial charge < -0.3 is 10.2 Å². The monoisotopic (exact) mass is 241 g/mol. The maximum atomic E-state index is 11.6. The average Bonchev–Trinajstić information content (AvgIpc) is 2.59. The van der Waals surface area contributed by atoms with Crippen LogP contribution in [-0.2, 0) is 14.4 Å². The van der Waals surface area contributed by atoms with Gasteiger partial charge in [0.2, 0.25) is 17.7 Å². The number of hydrogen-bond donors (Lipinski definition) is 2. The normalized spacial score (nSPS) is 19.3. The lowest BCUT2D eigenvalue weighted by molar-refractivity contribution is -0.131. The second-order valence-corrected chi connectivity index (χ2v) is 3.94. The minimum absolute atomic E-state index is 0.0623. The van der Waals surface area contributed by atoms with E-state index in [4.69, 9.17) is 0 Å². The fraction of sp³-hybridized carbons (Fsp3) is 0.727. The van der Waals surface area contributed by atoms with Gasteiger partial charge in [0.15, 0.2) is 0 Å². The number of amides is 3. The van der Waals surface area contributed by atoms with Gasteiger partial charge in [-0.2, -0.15) is 0 Å². The van der Waals surface area contributed by atoms with E-state index in [1.807, 2.05) is 13.8 Å². The van der Waals surface area contributed by atoms with Crippen molar-refractivity contribution in [2.24, 2.45) is 0 Å². The summed E-state index contributed by atoms with van der Waals surface area (Å²) in [6, 6.07) is -0.480. The average molecular weight is 241 g/mol. The highest BCUT2D eigenvalue weighted by molar-refractivity contribution is 6.05. The molecule has 1 saturated heterocycles. The van der Waals surface area contributed by atoms with E-state index in [2.05, 4.69) is 10.6 Å². The number of nitrogens with zero attached hydrogens (tertiary/aromatic N) is 1. The van der Waals surface area contributed by atoms with Crippen molar-refractivity contribution in [1.29, 1.82) is 0 Å².